The van der Waals surface area contributed by atoms with Crippen LogP contribution in [-0.4, -0.2) is 17.6 Å². The Morgan fingerprint density at radius 3 is 2.22 bits per heavy atom. The van der Waals surface area contributed by atoms with E-state index in [2.05, 4.69) is 43.5 Å². The molecule has 0 saturated carbocycles. The van der Waals surface area contributed by atoms with Gasteiger partial charge in [-0.1, -0.05) is 70.7 Å². The predicted molar refractivity (Wildman–Crippen MR) is 138 cm³/mol. The van der Waals surface area contributed by atoms with Gasteiger partial charge < -0.3 is 15.4 Å². The quantitative estimate of drug-likeness (QED) is 0.272. The van der Waals surface area contributed by atoms with Crippen molar-refractivity contribution in [3.8, 4) is 5.75 Å². The predicted octanol–water partition coefficient (Wildman–Crippen LogP) is 6.85. The number of hydrogen-bond acceptors (Lipinski definition) is 3. The summed E-state index contributed by atoms with van der Waals surface area (Å²) in [6, 6.07) is 15.9. The van der Waals surface area contributed by atoms with Crippen LogP contribution in [0.3, 0.4) is 0 Å². The molecule has 1 atom stereocenters. The molecule has 0 radical (unpaired) electrons. The maximum absolute atomic E-state index is 12.6. The molecule has 4 nitrogen and oxygen atoms in total. The van der Waals surface area contributed by atoms with Crippen molar-refractivity contribution in [2.45, 2.75) is 72.1 Å². The van der Waals surface area contributed by atoms with E-state index in [4.69, 9.17) is 17.0 Å². The smallest absolute Gasteiger partial charge is 0.233 e. The molecular weight excluding hydrogens is 416 g/mol. The SMILES string of the molecule is CCCCCCCOc1ccc(NC(=S)NC(=O)C(C)c2ccc(CC(C)C)cc2)cc1. The first-order valence-corrected chi connectivity index (χ1v) is 12.2. The second-order valence-electron chi connectivity index (χ2n) is 8.79. The maximum atomic E-state index is 12.6. The molecule has 0 aliphatic rings. The topological polar surface area (TPSA) is 50.4 Å². The van der Waals surface area contributed by atoms with Gasteiger partial charge in [-0.3, -0.25) is 4.79 Å². The van der Waals surface area contributed by atoms with Crippen LogP contribution in [0.2, 0.25) is 0 Å². The molecule has 0 aliphatic heterocycles. The lowest BCUT2D eigenvalue weighted by molar-refractivity contribution is -0.120. The molecule has 2 aromatic carbocycles. The third-order valence-corrected chi connectivity index (χ3v) is 5.59. The van der Waals surface area contributed by atoms with Gasteiger partial charge in [-0.25, -0.2) is 0 Å². The Labute approximate surface area is 199 Å². The second kappa shape index (κ2) is 13.9. The van der Waals surface area contributed by atoms with Gasteiger partial charge in [0.25, 0.3) is 0 Å². The summed E-state index contributed by atoms with van der Waals surface area (Å²) in [5, 5.41) is 6.16. The minimum atomic E-state index is -0.282. The van der Waals surface area contributed by atoms with E-state index in [0.29, 0.717) is 11.0 Å². The molecule has 2 N–H and O–H groups in total. The molecule has 0 heterocycles. The standard InChI is InChI=1S/C27H38N2O2S/c1-5-6-7-8-9-18-31-25-16-14-24(15-17-25)28-27(32)29-26(30)21(4)23-12-10-22(11-13-23)19-20(2)3/h10-17,20-21H,5-9,18-19H2,1-4H3,(H2,28,29,30,32). The third-order valence-electron chi connectivity index (χ3n) is 5.38. The van der Waals surface area contributed by atoms with Crippen molar-refractivity contribution in [3.05, 3.63) is 59.7 Å². The molecule has 0 spiro atoms. The number of thiocarbonyl (C=S) groups is 1. The lowest BCUT2D eigenvalue weighted by Crippen LogP contribution is -2.36. The largest absolute Gasteiger partial charge is 0.494 e. The number of carbonyl (C=O) groups excluding carboxylic acids is 1. The molecule has 0 saturated heterocycles. The molecule has 0 aromatic heterocycles. The van der Waals surface area contributed by atoms with Crippen molar-refractivity contribution in [1.29, 1.82) is 0 Å². The lowest BCUT2D eigenvalue weighted by atomic mass is 9.96. The van der Waals surface area contributed by atoms with E-state index in [0.717, 1.165) is 36.4 Å². The molecule has 2 aromatic rings. The normalized spacial score (nSPS) is 11.8. The zero-order valence-corrected chi connectivity index (χ0v) is 20.8. The van der Waals surface area contributed by atoms with Crippen molar-refractivity contribution in [3.63, 3.8) is 0 Å². The first-order valence-electron chi connectivity index (χ1n) is 11.8. The number of hydrogen-bond donors (Lipinski definition) is 2. The molecule has 1 amide bonds. The Balaban J connectivity index is 1.77. The highest BCUT2D eigenvalue weighted by Crippen LogP contribution is 2.19. The van der Waals surface area contributed by atoms with Crippen molar-refractivity contribution < 1.29 is 9.53 Å². The Bertz CT molecular complexity index is 832. The Morgan fingerprint density at radius 1 is 0.938 bits per heavy atom. The highest BCUT2D eigenvalue weighted by molar-refractivity contribution is 7.80. The second-order valence-corrected chi connectivity index (χ2v) is 9.20. The molecule has 2 rings (SSSR count). The highest BCUT2D eigenvalue weighted by atomic mass is 32.1. The zero-order chi connectivity index (χ0) is 23.3. The summed E-state index contributed by atoms with van der Waals surface area (Å²) >= 11 is 5.33. The summed E-state index contributed by atoms with van der Waals surface area (Å²) in [6.45, 7) is 9.25. The molecule has 0 aliphatic carbocycles. The van der Waals surface area contributed by atoms with Crippen LogP contribution in [0.15, 0.2) is 48.5 Å². The maximum Gasteiger partial charge on any atom is 0.233 e. The molecule has 174 valence electrons. The number of anilines is 1. The van der Waals surface area contributed by atoms with Crippen LogP contribution in [0.5, 0.6) is 5.75 Å². The van der Waals surface area contributed by atoms with Crippen LogP contribution < -0.4 is 15.4 Å². The number of unbranched alkanes of at least 4 members (excludes halogenated alkanes) is 4. The van der Waals surface area contributed by atoms with E-state index in [9.17, 15) is 4.79 Å². The Hall–Kier alpha value is -2.40. The number of carbonyl (C=O) groups is 1. The van der Waals surface area contributed by atoms with E-state index >= 15 is 0 Å². The number of ether oxygens (including phenoxy) is 1. The van der Waals surface area contributed by atoms with Gasteiger partial charge in [-0.05, 0) is 73.3 Å². The fourth-order valence-electron chi connectivity index (χ4n) is 3.48. The Morgan fingerprint density at radius 2 is 1.59 bits per heavy atom. The fourth-order valence-corrected chi connectivity index (χ4v) is 3.70. The third kappa shape index (κ3) is 9.39. The molecule has 5 heteroatoms. The van der Waals surface area contributed by atoms with Gasteiger partial charge in [0.2, 0.25) is 5.91 Å². The monoisotopic (exact) mass is 454 g/mol. The average molecular weight is 455 g/mol. The molecule has 0 fully saturated rings. The minimum absolute atomic E-state index is 0.123. The summed E-state index contributed by atoms with van der Waals surface area (Å²) in [7, 11) is 0. The number of nitrogens with one attached hydrogen (secondary N) is 2. The molecule has 32 heavy (non-hydrogen) atoms. The van der Waals surface area contributed by atoms with Gasteiger partial charge in [0.05, 0.1) is 12.5 Å². The fraction of sp³-hybridized carbons (Fsp3) is 0.481. The van der Waals surface area contributed by atoms with Gasteiger partial charge in [0.15, 0.2) is 5.11 Å². The molecular formula is C27H38N2O2S. The van der Waals surface area contributed by atoms with Crippen molar-refractivity contribution in [1.82, 2.24) is 5.32 Å². The first kappa shape index (κ1) is 25.9. The lowest BCUT2D eigenvalue weighted by Gasteiger charge is -2.15. The van der Waals surface area contributed by atoms with Gasteiger partial charge >= 0.3 is 0 Å². The van der Waals surface area contributed by atoms with Crippen LogP contribution >= 0.6 is 12.2 Å². The average Bonchev–Trinajstić information content (AvgIpc) is 2.77. The van der Waals surface area contributed by atoms with E-state index in [1.54, 1.807) is 0 Å². The summed E-state index contributed by atoms with van der Waals surface area (Å²) < 4.78 is 5.79. The first-order chi connectivity index (χ1) is 15.4. The van der Waals surface area contributed by atoms with Crippen molar-refractivity contribution in [2.24, 2.45) is 5.92 Å². The summed E-state index contributed by atoms with van der Waals surface area (Å²) in [5.74, 6) is 1.05. The van der Waals surface area contributed by atoms with Gasteiger partial charge in [0.1, 0.15) is 5.75 Å². The summed E-state index contributed by atoms with van der Waals surface area (Å²) in [5.41, 5.74) is 3.09. The van der Waals surface area contributed by atoms with E-state index < -0.39 is 0 Å². The number of rotatable bonds is 12. The van der Waals surface area contributed by atoms with E-state index in [1.807, 2.05) is 43.3 Å². The van der Waals surface area contributed by atoms with Gasteiger partial charge in [0, 0.05) is 5.69 Å². The summed E-state index contributed by atoms with van der Waals surface area (Å²) in [6.07, 6.45) is 7.14. The summed E-state index contributed by atoms with van der Waals surface area (Å²) in [4.78, 5) is 12.6. The van der Waals surface area contributed by atoms with Crippen LogP contribution in [0.1, 0.15) is 76.8 Å². The Kier molecular flexibility index (Phi) is 11.2. The number of benzene rings is 2. The number of amides is 1. The van der Waals surface area contributed by atoms with Gasteiger partial charge in [-0.15, -0.1) is 0 Å². The van der Waals surface area contributed by atoms with Gasteiger partial charge in [-0.2, -0.15) is 0 Å². The van der Waals surface area contributed by atoms with E-state index in [1.165, 1.54) is 31.2 Å². The zero-order valence-electron chi connectivity index (χ0n) is 19.9. The van der Waals surface area contributed by atoms with Crippen LogP contribution in [0, 0.1) is 5.92 Å². The molecule has 0 bridgehead atoms. The molecule has 1 unspecified atom stereocenters. The van der Waals surface area contributed by atoms with Crippen LogP contribution in [0.4, 0.5) is 5.69 Å². The van der Waals surface area contributed by atoms with Crippen molar-refractivity contribution in [2.75, 3.05) is 11.9 Å². The van der Waals surface area contributed by atoms with Crippen molar-refractivity contribution >= 4 is 28.9 Å². The van der Waals surface area contributed by atoms with E-state index in [-0.39, 0.29) is 11.8 Å². The minimum Gasteiger partial charge on any atom is -0.494 e. The van der Waals surface area contributed by atoms with Crippen LogP contribution in [0.25, 0.3) is 0 Å². The van der Waals surface area contributed by atoms with Crippen LogP contribution in [-0.2, 0) is 11.2 Å². The highest BCUT2D eigenvalue weighted by Gasteiger charge is 2.16.